The normalized spacial score (nSPS) is 19.5. The third kappa shape index (κ3) is 5.60. The summed E-state index contributed by atoms with van der Waals surface area (Å²) in [5.74, 6) is 0.520. The highest BCUT2D eigenvalue weighted by Gasteiger charge is 2.29. The maximum atomic E-state index is 13.0. The molecule has 1 amide bonds. The highest BCUT2D eigenvalue weighted by atomic mass is 16.6. The van der Waals surface area contributed by atoms with E-state index in [2.05, 4.69) is 41.6 Å². The van der Waals surface area contributed by atoms with Gasteiger partial charge in [-0.3, -0.25) is 4.79 Å². The van der Waals surface area contributed by atoms with Crippen molar-refractivity contribution in [3.8, 4) is 0 Å². The smallest absolute Gasteiger partial charge is 0.410 e. The van der Waals surface area contributed by atoms with E-state index in [9.17, 15) is 9.59 Å². The van der Waals surface area contributed by atoms with Gasteiger partial charge >= 0.3 is 6.09 Å². The Morgan fingerprint density at radius 1 is 1.18 bits per heavy atom. The molecule has 0 radical (unpaired) electrons. The van der Waals surface area contributed by atoms with Crippen LogP contribution in [0.5, 0.6) is 0 Å². The summed E-state index contributed by atoms with van der Waals surface area (Å²) in [6.07, 6.45) is 3.79. The molecule has 0 spiro atoms. The fraction of sp³-hybridized carbons (Fsp3) is 0.630. The van der Waals surface area contributed by atoms with Crippen LogP contribution in [0.15, 0.2) is 18.2 Å². The summed E-state index contributed by atoms with van der Waals surface area (Å²) in [5, 5.41) is 1.34. The Bertz CT molecular complexity index is 1030. The maximum absolute atomic E-state index is 13.0. The van der Waals surface area contributed by atoms with Crippen LogP contribution in [0.2, 0.25) is 0 Å². The van der Waals surface area contributed by atoms with Crippen molar-refractivity contribution in [2.24, 2.45) is 5.92 Å². The van der Waals surface area contributed by atoms with Gasteiger partial charge in [-0.1, -0.05) is 11.6 Å². The van der Waals surface area contributed by atoms with E-state index in [1.54, 1.807) is 4.90 Å². The number of likely N-dealkylation sites (tertiary alicyclic amines) is 1. The Hall–Kier alpha value is -2.34. The molecular weight excluding hydrogens is 414 g/mol. The van der Waals surface area contributed by atoms with Crippen molar-refractivity contribution in [2.75, 3.05) is 26.7 Å². The molecule has 0 aliphatic carbocycles. The standard InChI is InChI=1S/C27H39N3O3/c1-19-8-9-24-22(15-19)23-18-28(5)13-11-25(23)30(24)14-10-21(31)16-20-7-6-12-29(17-20)26(32)33-27(2,3)4/h8-9,15,20H,6-7,10-14,16-18H2,1-5H3. The molecule has 1 fully saturated rings. The first-order valence-electron chi connectivity index (χ1n) is 12.4. The lowest BCUT2D eigenvalue weighted by Crippen LogP contribution is -2.43. The first-order valence-corrected chi connectivity index (χ1v) is 12.4. The predicted octanol–water partition coefficient (Wildman–Crippen LogP) is 4.93. The second-order valence-electron chi connectivity index (χ2n) is 11.0. The van der Waals surface area contributed by atoms with Crippen LogP contribution in [-0.4, -0.2) is 58.5 Å². The average Bonchev–Trinajstić information content (AvgIpc) is 3.03. The average molecular weight is 454 g/mol. The second kappa shape index (κ2) is 9.49. The molecule has 0 bridgehead atoms. The Balaban J connectivity index is 1.40. The topological polar surface area (TPSA) is 54.8 Å². The molecule has 6 heteroatoms. The highest BCUT2D eigenvalue weighted by molar-refractivity contribution is 5.87. The lowest BCUT2D eigenvalue weighted by Gasteiger charge is -2.34. The predicted molar refractivity (Wildman–Crippen MR) is 131 cm³/mol. The van der Waals surface area contributed by atoms with Crippen LogP contribution < -0.4 is 0 Å². The van der Waals surface area contributed by atoms with Gasteiger partial charge in [0.15, 0.2) is 0 Å². The minimum Gasteiger partial charge on any atom is -0.444 e. The van der Waals surface area contributed by atoms with Crippen LogP contribution in [0.3, 0.4) is 0 Å². The number of aromatic nitrogens is 1. The first-order chi connectivity index (χ1) is 15.6. The zero-order valence-corrected chi connectivity index (χ0v) is 20.9. The number of aryl methyl sites for hydroxylation is 2. The molecule has 1 saturated heterocycles. The van der Waals surface area contributed by atoms with Crippen molar-refractivity contribution < 1.29 is 14.3 Å². The SMILES string of the molecule is Cc1ccc2c(c1)c1c(n2CCC(=O)CC2CCCN(C(=O)OC(C)(C)C)C2)CCN(C)C1. The van der Waals surface area contributed by atoms with Crippen molar-refractivity contribution >= 4 is 22.8 Å². The molecule has 1 atom stereocenters. The molecular formula is C27H39N3O3. The number of piperidine rings is 1. The zero-order valence-electron chi connectivity index (χ0n) is 20.9. The number of amides is 1. The number of ether oxygens (including phenoxy) is 1. The first kappa shape index (κ1) is 23.8. The number of Topliss-reactive ketones (excluding diaryl/α,β-unsaturated/α-hetero) is 1. The molecule has 0 saturated carbocycles. The summed E-state index contributed by atoms with van der Waals surface area (Å²) >= 11 is 0. The van der Waals surface area contributed by atoms with Crippen LogP contribution in [0.4, 0.5) is 4.79 Å². The third-order valence-corrected chi connectivity index (χ3v) is 6.90. The molecule has 2 aliphatic heterocycles. The minimum absolute atomic E-state index is 0.227. The van der Waals surface area contributed by atoms with E-state index in [4.69, 9.17) is 4.74 Å². The number of ketones is 1. The molecule has 2 aromatic rings. The number of benzene rings is 1. The minimum atomic E-state index is -0.494. The van der Waals surface area contributed by atoms with Crippen LogP contribution in [-0.2, 0) is 29.0 Å². The molecule has 3 heterocycles. The Labute approximate surface area is 197 Å². The molecule has 1 aromatic heterocycles. The largest absolute Gasteiger partial charge is 0.444 e. The molecule has 0 N–H and O–H groups in total. The fourth-order valence-corrected chi connectivity index (χ4v) is 5.34. The molecule has 6 nitrogen and oxygen atoms in total. The third-order valence-electron chi connectivity index (χ3n) is 6.90. The number of hydrogen-bond donors (Lipinski definition) is 0. The van der Waals surface area contributed by atoms with Gasteiger partial charge in [0, 0.05) is 68.6 Å². The van der Waals surface area contributed by atoms with Crippen molar-refractivity contribution in [3.63, 3.8) is 0 Å². The number of carbonyl (C=O) groups is 2. The van der Waals surface area contributed by atoms with Crippen LogP contribution >= 0.6 is 0 Å². The lowest BCUT2D eigenvalue weighted by molar-refractivity contribution is -0.120. The van der Waals surface area contributed by atoms with Crippen LogP contribution in [0.25, 0.3) is 10.9 Å². The quantitative estimate of drug-likeness (QED) is 0.644. The van der Waals surface area contributed by atoms with Gasteiger partial charge in [0.25, 0.3) is 0 Å². The van der Waals surface area contributed by atoms with E-state index in [0.29, 0.717) is 25.2 Å². The number of likely N-dealkylation sites (N-methyl/N-ethyl adjacent to an activating group) is 1. The van der Waals surface area contributed by atoms with Crippen molar-refractivity contribution in [1.82, 2.24) is 14.4 Å². The van der Waals surface area contributed by atoms with Gasteiger partial charge in [-0.05, 0) is 71.2 Å². The lowest BCUT2D eigenvalue weighted by atomic mass is 9.92. The van der Waals surface area contributed by atoms with Gasteiger partial charge < -0.3 is 19.1 Å². The summed E-state index contributed by atoms with van der Waals surface area (Å²) < 4.78 is 7.92. The Kier molecular flexibility index (Phi) is 6.85. The van der Waals surface area contributed by atoms with E-state index in [-0.39, 0.29) is 12.0 Å². The van der Waals surface area contributed by atoms with Crippen molar-refractivity contribution in [3.05, 3.63) is 35.0 Å². The van der Waals surface area contributed by atoms with Gasteiger partial charge in [0.2, 0.25) is 0 Å². The summed E-state index contributed by atoms with van der Waals surface area (Å²) in [6.45, 7) is 11.9. The monoisotopic (exact) mass is 453 g/mol. The number of hydrogen-bond acceptors (Lipinski definition) is 4. The van der Waals surface area contributed by atoms with Gasteiger partial charge in [0.05, 0.1) is 0 Å². The van der Waals surface area contributed by atoms with Crippen LogP contribution in [0, 0.1) is 12.8 Å². The van der Waals surface area contributed by atoms with Gasteiger partial charge in [-0.25, -0.2) is 4.79 Å². The van der Waals surface area contributed by atoms with Gasteiger partial charge in [-0.15, -0.1) is 0 Å². The number of rotatable bonds is 5. The summed E-state index contributed by atoms with van der Waals surface area (Å²) in [6, 6.07) is 6.68. The number of fused-ring (bicyclic) bond motifs is 3. The van der Waals surface area contributed by atoms with E-state index in [1.165, 1.54) is 27.7 Å². The zero-order chi connectivity index (χ0) is 23.8. The second-order valence-corrected chi connectivity index (χ2v) is 11.0. The Morgan fingerprint density at radius 3 is 2.73 bits per heavy atom. The molecule has 2 aliphatic rings. The molecule has 180 valence electrons. The maximum Gasteiger partial charge on any atom is 0.410 e. The number of nitrogens with zero attached hydrogens (tertiary/aromatic N) is 3. The van der Waals surface area contributed by atoms with E-state index >= 15 is 0 Å². The molecule has 4 rings (SSSR count). The van der Waals surface area contributed by atoms with Gasteiger partial charge in [0.1, 0.15) is 11.4 Å². The van der Waals surface area contributed by atoms with Crippen molar-refractivity contribution in [1.29, 1.82) is 0 Å². The van der Waals surface area contributed by atoms with Crippen LogP contribution in [0.1, 0.15) is 63.3 Å². The Morgan fingerprint density at radius 2 is 1.97 bits per heavy atom. The molecule has 1 unspecified atom stereocenters. The molecule has 1 aromatic carbocycles. The fourth-order valence-electron chi connectivity index (χ4n) is 5.34. The highest BCUT2D eigenvalue weighted by Crippen LogP contribution is 2.32. The van der Waals surface area contributed by atoms with Gasteiger partial charge in [-0.2, -0.15) is 0 Å². The number of carbonyl (C=O) groups excluding carboxylic acids is 2. The van der Waals surface area contributed by atoms with Crippen molar-refractivity contribution in [2.45, 2.75) is 78.5 Å². The molecule has 33 heavy (non-hydrogen) atoms. The summed E-state index contributed by atoms with van der Waals surface area (Å²) in [5.41, 5.74) is 4.86. The van der Waals surface area contributed by atoms with E-state index in [0.717, 1.165) is 45.4 Å². The summed E-state index contributed by atoms with van der Waals surface area (Å²) in [4.78, 5) is 29.6. The summed E-state index contributed by atoms with van der Waals surface area (Å²) in [7, 11) is 2.18. The van der Waals surface area contributed by atoms with E-state index in [1.807, 2.05) is 20.8 Å². The van der Waals surface area contributed by atoms with E-state index < -0.39 is 5.60 Å².